The molecule has 7 N–H and O–H groups in total. The molecule has 2 aromatic rings. The van der Waals surface area contributed by atoms with Gasteiger partial charge in [-0.2, -0.15) is 0 Å². The van der Waals surface area contributed by atoms with E-state index in [-0.39, 0.29) is 43.1 Å². The number of hydrogen-bond acceptors (Lipinski definition) is 8. The highest BCUT2D eigenvalue weighted by Gasteiger charge is 2.36. The number of nitrogens with two attached hydrogens (primary N) is 1. The summed E-state index contributed by atoms with van der Waals surface area (Å²) >= 11 is 0. The second-order valence-electron chi connectivity index (χ2n) is 7.14. The Morgan fingerprint density at radius 2 is 2.10 bits per heavy atom. The number of ether oxygens (including phenoxy) is 1. The Kier molecular flexibility index (Phi) is 6.60. The molecule has 1 aliphatic rings. The molecule has 1 atom stereocenters. The minimum Gasteiger partial charge on any atom is -0.507 e. The lowest BCUT2D eigenvalue weighted by molar-refractivity contribution is -0.141. The van der Waals surface area contributed by atoms with Crippen molar-refractivity contribution in [2.24, 2.45) is 5.73 Å². The first kappa shape index (κ1) is 21.6. The Morgan fingerprint density at radius 1 is 1.37 bits per heavy atom. The lowest BCUT2D eigenvalue weighted by Gasteiger charge is -2.40. The van der Waals surface area contributed by atoms with Crippen molar-refractivity contribution in [1.29, 1.82) is 0 Å². The molecule has 3 rings (SSSR count). The Morgan fingerprint density at radius 3 is 2.70 bits per heavy atom. The molecule has 2 heterocycles. The predicted octanol–water partition coefficient (Wildman–Crippen LogP) is -1.01. The number of aromatic hydroxyl groups is 1. The molecule has 0 radical (unpaired) electrons. The third-order valence-corrected chi connectivity index (χ3v) is 4.87. The van der Waals surface area contributed by atoms with E-state index in [9.17, 15) is 19.8 Å². The van der Waals surface area contributed by atoms with Crippen molar-refractivity contribution in [2.75, 3.05) is 13.1 Å². The maximum atomic E-state index is 12.4. The van der Waals surface area contributed by atoms with Gasteiger partial charge in [0, 0.05) is 18.3 Å². The van der Waals surface area contributed by atoms with Crippen LogP contribution in [0.2, 0.25) is 6.32 Å². The molecule has 0 aliphatic carbocycles. The van der Waals surface area contributed by atoms with Gasteiger partial charge in [-0.05, 0) is 24.4 Å². The molecule has 30 heavy (non-hydrogen) atoms. The maximum Gasteiger partial charge on any atom is 0.451 e. The number of carbonyl (C=O) groups excluding carboxylic acids is 1. The number of hydrogen-bond donors (Lipinski definition) is 6. The molecule has 1 aromatic heterocycles. The lowest BCUT2D eigenvalue weighted by Crippen LogP contribution is -2.60. The number of likely N-dealkylation sites (tertiary alicyclic amines) is 1. The molecule has 11 nitrogen and oxygen atoms in total. The summed E-state index contributed by atoms with van der Waals surface area (Å²) in [6.45, 7) is 0.488. The van der Waals surface area contributed by atoms with Gasteiger partial charge in [0.15, 0.2) is 0 Å². The van der Waals surface area contributed by atoms with Gasteiger partial charge in [0.25, 0.3) is 0 Å². The number of carboxylic acid groups (broad SMARTS) is 1. The first-order chi connectivity index (χ1) is 14.3. The standard InChI is InChI=1S/C18H23BN4O7/c20-13(5-11-6-21-9-22-11)17(25)23-7-12(8-23)30-14-2-1-10(3-4-19(28)29)16(24)15(14)18(26)27/h1-2,6,9,12-13,24,28-29H,3-5,7-8,20H2,(H,21,22)(H,26,27)/t13-/m0/s1. The van der Waals surface area contributed by atoms with Crippen LogP contribution in [0.25, 0.3) is 0 Å². The number of phenols is 1. The van der Waals surface area contributed by atoms with Crippen LogP contribution in [0, 0.1) is 0 Å². The third kappa shape index (κ3) is 4.90. The molecule has 0 bridgehead atoms. The number of imidazole rings is 1. The first-order valence-corrected chi connectivity index (χ1v) is 9.38. The molecule has 1 saturated heterocycles. The van der Waals surface area contributed by atoms with E-state index in [1.165, 1.54) is 23.4 Å². The molecular weight excluding hydrogens is 395 g/mol. The van der Waals surface area contributed by atoms with Gasteiger partial charge in [-0.3, -0.25) is 4.79 Å². The largest absolute Gasteiger partial charge is 0.507 e. The summed E-state index contributed by atoms with van der Waals surface area (Å²) in [6, 6.07) is 2.16. The molecule has 12 heteroatoms. The zero-order chi connectivity index (χ0) is 21.8. The van der Waals surface area contributed by atoms with Crippen molar-refractivity contribution in [3.05, 3.63) is 41.5 Å². The van der Waals surface area contributed by atoms with E-state index in [4.69, 9.17) is 20.5 Å². The average Bonchev–Trinajstić information content (AvgIpc) is 3.15. The number of benzene rings is 1. The molecule has 1 aromatic carbocycles. The van der Waals surface area contributed by atoms with Crippen molar-refractivity contribution in [2.45, 2.75) is 31.3 Å². The number of carboxylic acids is 1. The van der Waals surface area contributed by atoms with E-state index in [0.717, 1.165) is 5.69 Å². The number of carbonyl (C=O) groups is 2. The first-order valence-electron chi connectivity index (χ1n) is 9.38. The highest BCUT2D eigenvalue weighted by molar-refractivity contribution is 6.41. The van der Waals surface area contributed by atoms with E-state index >= 15 is 0 Å². The zero-order valence-electron chi connectivity index (χ0n) is 16.1. The fourth-order valence-electron chi connectivity index (χ4n) is 3.23. The van der Waals surface area contributed by atoms with Crippen LogP contribution in [0.15, 0.2) is 24.7 Å². The van der Waals surface area contributed by atoms with Crippen molar-refractivity contribution in [3.8, 4) is 11.5 Å². The molecule has 0 saturated carbocycles. The van der Waals surface area contributed by atoms with Gasteiger partial charge in [-0.15, -0.1) is 0 Å². The average molecular weight is 418 g/mol. The summed E-state index contributed by atoms with van der Waals surface area (Å²) in [5.41, 5.74) is 6.55. The molecule has 0 unspecified atom stereocenters. The van der Waals surface area contributed by atoms with Gasteiger partial charge < -0.3 is 40.6 Å². The normalized spacial score (nSPS) is 14.8. The Bertz CT molecular complexity index is 900. The maximum absolute atomic E-state index is 12.4. The van der Waals surface area contributed by atoms with Gasteiger partial charge in [0.2, 0.25) is 5.91 Å². The van der Waals surface area contributed by atoms with Crippen LogP contribution in [0.5, 0.6) is 11.5 Å². The number of aromatic nitrogens is 2. The molecule has 160 valence electrons. The van der Waals surface area contributed by atoms with Crippen molar-refractivity contribution < 1.29 is 34.6 Å². The smallest absolute Gasteiger partial charge is 0.451 e. The quantitative estimate of drug-likeness (QED) is 0.278. The SMILES string of the molecule is N[C@@H](Cc1cnc[nH]1)C(=O)N1CC(Oc2ccc(CCB(O)O)c(O)c2C(=O)O)C1. The minimum absolute atomic E-state index is 0.0212. The molecular formula is C18H23BN4O7. The summed E-state index contributed by atoms with van der Waals surface area (Å²) in [7, 11) is -1.56. The second kappa shape index (κ2) is 9.16. The van der Waals surface area contributed by atoms with Crippen LogP contribution in [-0.2, 0) is 17.6 Å². The van der Waals surface area contributed by atoms with E-state index < -0.39 is 36.5 Å². The van der Waals surface area contributed by atoms with Crippen molar-refractivity contribution in [3.63, 3.8) is 0 Å². The highest BCUT2D eigenvalue weighted by Crippen LogP contribution is 2.34. The topological polar surface area (TPSA) is 182 Å². The van der Waals surface area contributed by atoms with E-state index in [0.29, 0.717) is 6.42 Å². The summed E-state index contributed by atoms with van der Waals surface area (Å²) < 4.78 is 5.68. The van der Waals surface area contributed by atoms with Gasteiger partial charge >= 0.3 is 13.1 Å². The molecule has 1 amide bonds. The van der Waals surface area contributed by atoms with Gasteiger partial charge in [0.05, 0.1) is 25.5 Å². The Hall–Kier alpha value is -3.09. The number of amides is 1. The number of aryl methyl sites for hydroxylation is 1. The number of nitrogens with one attached hydrogen (secondary N) is 1. The van der Waals surface area contributed by atoms with Gasteiger partial charge in [-0.1, -0.05) is 6.07 Å². The van der Waals surface area contributed by atoms with E-state index in [1.54, 1.807) is 6.20 Å². The zero-order valence-corrected chi connectivity index (χ0v) is 16.1. The van der Waals surface area contributed by atoms with Crippen LogP contribution < -0.4 is 10.5 Å². The summed E-state index contributed by atoms with van der Waals surface area (Å²) in [6.07, 6.45) is 3.03. The number of rotatable bonds is 9. The fraction of sp³-hybridized carbons (Fsp3) is 0.389. The Labute approximate surface area is 172 Å². The fourth-order valence-corrected chi connectivity index (χ4v) is 3.23. The monoisotopic (exact) mass is 418 g/mol. The van der Waals surface area contributed by atoms with E-state index in [1.807, 2.05) is 0 Å². The minimum atomic E-state index is -1.56. The van der Waals surface area contributed by atoms with Gasteiger partial charge in [-0.25, -0.2) is 9.78 Å². The van der Waals surface area contributed by atoms with Crippen LogP contribution in [0.3, 0.4) is 0 Å². The number of aromatic carboxylic acids is 1. The Balaban J connectivity index is 1.60. The van der Waals surface area contributed by atoms with Crippen LogP contribution in [-0.4, -0.2) is 79.4 Å². The van der Waals surface area contributed by atoms with Crippen molar-refractivity contribution in [1.82, 2.24) is 14.9 Å². The molecule has 0 spiro atoms. The summed E-state index contributed by atoms with van der Waals surface area (Å²) in [4.78, 5) is 32.3. The summed E-state index contributed by atoms with van der Waals surface area (Å²) in [5, 5.41) is 37.7. The number of aromatic amines is 1. The van der Waals surface area contributed by atoms with Crippen molar-refractivity contribution >= 4 is 19.0 Å². The van der Waals surface area contributed by atoms with Crippen LogP contribution in [0.4, 0.5) is 0 Å². The lowest BCUT2D eigenvalue weighted by atomic mass is 9.82. The van der Waals surface area contributed by atoms with Gasteiger partial charge in [0.1, 0.15) is 23.2 Å². The predicted molar refractivity (Wildman–Crippen MR) is 105 cm³/mol. The third-order valence-electron chi connectivity index (χ3n) is 4.87. The molecule has 1 fully saturated rings. The molecule has 1 aliphatic heterocycles. The number of nitrogens with zero attached hydrogens (tertiary/aromatic N) is 2. The summed E-state index contributed by atoms with van der Waals surface area (Å²) in [5.74, 6) is -2.12. The number of H-pyrrole nitrogens is 1. The second-order valence-corrected chi connectivity index (χ2v) is 7.14. The highest BCUT2D eigenvalue weighted by atomic mass is 16.5. The van der Waals surface area contributed by atoms with Crippen LogP contribution >= 0.6 is 0 Å². The van der Waals surface area contributed by atoms with Crippen LogP contribution in [0.1, 0.15) is 21.6 Å². The van der Waals surface area contributed by atoms with E-state index in [2.05, 4.69) is 9.97 Å².